The fourth-order valence-corrected chi connectivity index (χ4v) is 1.99. The van der Waals surface area contributed by atoms with Crippen LogP contribution in [0.4, 0.5) is 0 Å². The van der Waals surface area contributed by atoms with E-state index in [2.05, 4.69) is 5.32 Å². The SMILES string of the molecule is CCOC(=O)C(C(=O)OCC)=C1NCCC1(C)C. The molecule has 1 rings (SSSR count). The normalized spacial score (nSPS) is 17.0. The van der Waals surface area contributed by atoms with Gasteiger partial charge in [-0.2, -0.15) is 0 Å². The van der Waals surface area contributed by atoms with Gasteiger partial charge >= 0.3 is 11.9 Å². The van der Waals surface area contributed by atoms with Crippen molar-refractivity contribution in [1.29, 1.82) is 0 Å². The van der Waals surface area contributed by atoms with E-state index < -0.39 is 11.9 Å². The number of carbonyl (C=O) groups is 2. The first-order chi connectivity index (χ1) is 8.44. The molecule has 1 N–H and O–H groups in total. The molecule has 1 fully saturated rings. The van der Waals surface area contributed by atoms with Crippen LogP contribution in [0.5, 0.6) is 0 Å². The number of rotatable bonds is 4. The van der Waals surface area contributed by atoms with E-state index in [0.29, 0.717) is 5.70 Å². The number of hydrogen-bond acceptors (Lipinski definition) is 5. The van der Waals surface area contributed by atoms with Crippen molar-refractivity contribution < 1.29 is 19.1 Å². The molecule has 0 aromatic heterocycles. The van der Waals surface area contributed by atoms with E-state index in [1.54, 1.807) is 13.8 Å². The van der Waals surface area contributed by atoms with Gasteiger partial charge in [-0.05, 0) is 20.3 Å². The maximum Gasteiger partial charge on any atom is 0.347 e. The molecule has 0 aliphatic carbocycles. The fraction of sp³-hybridized carbons (Fsp3) is 0.692. The predicted molar refractivity (Wildman–Crippen MR) is 66.7 cm³/mol. The topological polar surface area (TPSA) is 64.6 Å². The Hall–Kier alpha value is -1.52. The Labute approximate surface area is 108 Å². The quantitative estimate of drug-likeness (QED) is 0.356. The highest BCUT2D eigenvalue weighted by molar-refractivity contribution is 6.14. The number of nitrogens with one attached hydrogen (secondary N) is 1. The third-order valence-electron chi connectivity index (χ3n) is 2.94. The van der Waals surface area contributed by atoms with Crippen molar-refractivity contribution in [2.45, 2.75) is 34.1 Å². The summed E-state index contributed by atoms with van der Waals surface area (Å²) in [5.41, 5.74) is 0.384. The van der Waals surface area contributed by atoms with Crippen LogP contribution in [0, 0.1) is 5.41 Å². The maximum absolute atomic E-state index is 11.9. The lowest BCUT2D eigenvalue weighted by molar-refractivity contribution is -0.146. The van der Waals surface area contributed by atoms with E-state index in [1.165, 1.54) is 0 Å². The molecule has 0 radical (unpaired) electrons. The largest absolute Gasteiger partial charge is 0.462 e. The van der Waals surface area contributed by atoms with E-state index >= 15 is 0 Å². The van der Waals surface area contributed by atoms with Gasteiger partial charge in [0.1, 0.15) is 0 Å². The van der Waals surface area contributed by atoms with Gasteiger partial charge in [-0.3, -0.25) is 0 Å². The monoisotopic (exact) mass is 255 g/mol. The van der Waals surface area contributed by atoms with Crippen LogP contribution in [0.1, 0.15) is 34.1 Å². The van der Waals surface area contributed by atoms with E-state index in [1.807, 2.05) is 13.8 Å². The highest BCUT2D eigenvalue weighted by atomic mass is 16.6. The molecule has 1 aliphatic heterocycles. The summed E-state index contributed by atoms with van der Waals surface area (Å²) in [5, 5.41) is 3.10. The first-order valence-corrected chi connectivity index (χ1v) is 6.27. The van der Waals surface area contributed by atoms with Gasteiger partial charge in [0.2, 0.25) is 0 Å². The highest BCUT2D eigenvalue weighted by Crippen LogP contribution is 2.35. The Bertz CT molecular complexity index is 351. The molecule has 0 amide bonds. The van der Waals surface area contributed by atoms with Crippen molar-refractivity contribution in [2.75, 3.05) is 19.8 Å². The average Bonchev–Trinajstić information content (AvgIpc) is 2.60. The van der Waals surface area contributed by atoms with Crippen LogP contribution in [-0.4, -0.2) is 31.7 Å². The predicted octanol–water partition coefficient (Wildman–Crippen LogP) is 1.39. The molecule has 0 aromatic rings. The molecule has 0 atom stereocenters. The third kappa shape index (κ3) is 3.03. The lowest BCUT2D eigenvalue weighted by Crippen LogP contribution is -2.27. The summed E-state index contributed by atoms with van der Waals surface area (Å²) in [7, 11) is 0. The molecule has 0 unspecified atom stereocenters. The first-order valence-electron chi connectivity index (χ1n) is 6.27. The average molecular weight is 255 g/mol. The lowest BCUT2D eigenvalue weighted by atomic mass is 9.86. The zero-order valence-electron chi connectivity index (χ0n) is 11.5. The van der Waals surface area contributed by atoms with Crippen LogP contribution in [0.15, 0.2) is 11.3 Å². The molecular formula is C13H21NO4. The summed E-state index contributed by atoms with van der Waals surface area (Å²) >= 11 is 0. The Morgan fingerprint density at radius 1 is 1.17 bits per heavy atom. The van der Waals surface area contributed by atoms with Crippen LogP contribution in [0.3, 0.4) is 0 Å². The van der Waals surface area contributed by atoms with Crippen molar-refractivity contribution in [2.24, 2.45) is 5.41 Å². The Morgan fingerprint density at radius 3 is 2.00 bits per heavy atom. The van der Waals surface area contributed by atoms with Crippen molar-refractivity contribution in [3.8, 4) is 0 Å². The Morgan fingerprint density at radius 2 is 1.67 bits per heavy atom. The zero-order valence-corrected chi connectivity index (χ0v) is 11.5. The second kappa shape index (κ2) is 5.89. The third-order valence-corrected chi connectivity index (χ3v) is 2.94. The Kier molecular flexibility index (Phi) is 4.76. The van der Waals surface area contributed by atoms with E-state index in [9.17, 15) is 9.59 Å². The molecule has 102 valence electrons. The van der Waals surface area contributed by atoms with E-state index in [-0.39, 0.29) is 24.2 Å². The van der Waals surface area contributed by atoms with Crippen molar-refractivity contribution in [3.63, 3.8) is 0 Å². The second-order valence-corrected chi connectivity index (χ2v) is 4.75. The molecule has 1 heterocycles. The smallest absolute Gasteiger partial charge is 0.347 e. The molecule has 0 aromatic carbocycles. The molecule has 0 saturated carbocycles. The number of carbonyl (C=O) groups excluding carboxylic acids is 2. The van der Waals surface area contributed by atoms with Crippen LogP contribution in [0.25, 0.3) is 0 Å². The summed E-state index contributed by atoms with van der Waals surface area (Å²) in [6, 6.07) is 0. The summed E-state index contributed by atoms with van der Waals surface area (Å²) in [4.78, 5) is 23.8. The lowest BCUT2D eigenvalue weighted by Gasteiger charge is -2.21. The number of ether oxygens (including phenoxy) is 2. The first kappa shape index (κ1) is 14.5. The van der Waals surface area contributed by atoms with Gasteiger partial charge in [-0.15, -0.1) is 0 Å². The van der Waals surface area contributed by atoms with Crippen LogP contribution >= 0.6 is 0 Å². The van der Waals surface area contributed by atoms with Gasteiger partial charge in [0, 0.05) is 17.7 Å². The minimum absolute atomic E-state index is 0.00111. The van der Waals surface area contributed by atoms with Gasteiger partial charge in [0.25, 0.3) is 0 Å². The second-order valence-electron chi connectivity index (χ2n) is 4.75. The van der Waals surface area contributed by atoms with E-state index in [4.69, 9.17) is 9.47 Å². The molecule has 5 heteroatoms. The Balaban J connectivity index is 3.15. The van der Waals surface area contributed by atoms with Gasteiger partial charge < -0.3 is 14.8 Å². The van der Waals surface area contributed by atoms with E-state index in [0.717, 1.165) is 13.0 Å². The highest BCUT2D eigenvalue weighted by Gasteiger charge is 2.37. The summed E-state index contributed by atoms with van der Waals surface area (Å²) in [6.45, 7) is 8.59. The molecule has 5 nitrogen and oxygen atoms in total. The standard InChI is InChI=1S/C13H21NO4/c1-5-17-11(15)9(12(16)18-6-2)10-13(3,4)7-8-14-10/h14H,5-8H2,1-4H3. The minimum atomic E-state index is -0.617. The van der Waals surface area contributed by atoms with Gasteiger partial charge in [0.05, 0.1) is 13.2 Å². The maximum atomic E-state index is 11.9. The minimum Gasteiger partial charge on any atom is -0.462 e. The number of hydrogen-bond donors (Lipinski definition) is 1. The fourth-order valence-electron chi connectivity index (χ4n) is 1.99. The van der Waals surface area contributed by atoms with Crippen LogP contribution < -0.4 is 5.32 Å². The van der Waals surface area contributed by atoms with Gasteiger partial charge in [0.15, 0.2) is 5.57 Å². The van der Waals surface area contributed by atoms with Crippen molar-refractivity contribution >= 4 is 11.9 Å². The summed E-state index contributed by atoms with van der Waals surface area (Å²) < 4.78 is 9.88. The number of allylic oxidation sites excluding steroid dienone is 1. The molecule has 1 saturated heterocycles. The molecule has 0 spiro atoms. The zero-order chi connectivity index (χ0) is 13.8. The molecule has 0 bridgehead atoms. The molecule has 18 heavy (non-hydrogen) atoms. The van der Waals surface area contributed by atoms with Gasteiger partial charge in [-0.25, -0.2) is 9.59 Å². The summed E-state index contributed by atoms with van der Waals surface area (Å²) in [6.07, 6.45) is 0.866. The summed E-state index contributed by atoms with van der Waals surface area (Å²) in [5.74, 6) is -1.23. The van der Waals surface area contributed by atoms with Crippen LogP contribution in [0.2, 0.25) is 0 Å². The molecule has 1 aliphatic rings. The van der Waals surface area contributed by atoms with Gasteiger partial charge in [-0.1, -0.05) is 13.8 Å². The molecular weight excluding hydrogens is 234 g/mol. The van der Waals surface area contributed by atoms with Crippen molar-refractivity contribution in [3.05, 3.63) is 11.3 Å². The van der Waals surface area contributed by atoms with Crippen molar-refractivity contribution in [1.82, 2.24) is 5.32 Å². The number of esters is 2. The van der Waals surface area contributed by atoms with Crippen LogP contribution in [-0.2, 0) is 19.1 Å².